The minimum absolute atomic E-state index is 0.112. The van der Waals surface area contributed by atoms with Crippen LogP contribution in [-0.4, -0.2) is 17.2 Å². The van der Waals surface area contributed by atoms with Crippen LogP contribution in [0.4, 0.5) is 0 Å². The van der Waals surface area contributed by atoms with Gasteiger partial charge in [0.1, 0.15) is 5.75 Å². The maximum absolute atomic E-state index is 10.6. The molecule has 1 aromatic carbocycles. The molecule has 18 heavy (non-hydrogen) atoms. The molecule has 0 amide bonds. The molecule has 0 saturated heterocycles. The summed E-state index contributed by atoms with van der Waals surface area (Å²) in [7, 11) is 0. The Morgan fingerprint density at radius 1 is 1.56 bits per heavy atom. The van der Waals surface area contributed by atoms with Crippen LogP contribution in [-0.2, 0) is 4.79 Å². The van der Waals surface area contributed by atoms with Gasteiger partial charge in [-0.05, 0) is 37.0 Å². The maximum Gasteiger partial charge on any atom is 0.305 e. The number of carboxylic acids is 1. The van der Waals surface area contributed by atoms with E-state index < -0.39 is 12.0 Å². The van der Waals surface area contributed by atoms with Crippen molar-refractivity contribution >= 4 is 17.6 Å². The third kappa shape index (κ3) is 3.15. The summed E-state index contributed by atoms with van der Waals surface area (Å²) in [6, 6.07) is 4.67. The Balaban J connectivity index is 2.05. The van der Waals surface area contributed by atoms with E-state index in [0.717, 1.165) is 12.8 Å². The average molecular weight is 270 g/mol. The molecule has 2 rings (SSSR count). The Morgan fingerprint density at radius 2 is 2.28 bits per heavy atom. The smallest absolute Gasteiger partial charge is 0.305 e. The van der Waals surface area contributed by atoms with Crippen molar-refractivity contribution in [1.29, 1.82) is 0 Å². The largest absolute Gasteiger partial charge is 0.489 e. The van der Waals surface area contributed by atoms with E-state index in [9.17, 15) is 4.79 Å². The lowest BCUT2D eigenvalue weighted by Gasteiger charge is -2.27. The monoisotopic (exact) mass is 269 g/mol. The molecule has 0 radical (unpaired) electrons. The molecule has 0 heterocycles. The Kier molecular flexibility index (Phi) is 4.09. The Hall–Kier alpha value is -1.26. The summed E-state index contributed by atoms with van der Waals surface area (Å²) in [5.74, 6) is -0.277. The summed E-state index contributed by atoms with van der Waals surface area (Å²) >= 11 is 6.11. The zero-order valence-corrected chi connectivity index (χ0v) is 10.7. The number of rotatable bonds is 5. The van der Waals surface area contributed by atoms with Gasteiger partial charge in [-0.2, -0.15) is 0 Å². The van der Waals surface area contributed by atoms with E-state index in [1.807, 2.05) is 0 Å². The van der Waals surface area contributed by atoms with Crippen LogP contribution in [0.2, 0.25) is 5.02 Å². The molecule has 0 aromatic heterocycles. The number of nitrogens with two attached hydrogens (primary N) is 1. The number of carboxylic acid groups (broad SMARTS) is 1. The summed E-state index contributed by atoms with van der Waals surface area (Å²) in [5, 5.41) is 9.18. The molecular formula is C13H16ClNO3. The second-order valence-corrected chi connectivity index (χ2v) is 4.97. The van der Waals surface area contributed by atoms with Gasteiger partial charge in [0.25, 0.3) is 0 Å². The molecule has 0 spiro atoms. The third-order valence-electron chi connectivity index (χ3n) is 3.12. The molecule has 5 heteroatoms. The first kappa shape index (κ1) is 13.2. The molecule has 1 saturated carbocycles. The highest BCUT2D eigenvalue weighted by Crippen LogP contribution is 2.32. The highest BCUT2D eigenvalue weighted by atomic mass is 35.5. The topological polar surface area (TPSA) is 72.6 Å². The number of ether oxygens (including phenoxy) is 1. The summed E-state index contributed by atoms with van der Waals surface area (Å²) in [5.41, 5.74) is 6.48. The first-order valence-corrected chi connectivity index (χ1v) is 6.37. The van der Waals surface area contributed by atoms with Crippen LogP contribution >= 0.6 is 11.6 Å². The van der Waals surface area contributed by atoms with Gasteiger partial charge >= 0.3 is 5.97 Å². The Labute approximate surface area is 111 Å². The minimum Gasteiger partial charge on any atom is -0.489 e. The van der Waals surface area contributed by atoms with E-state index in [0.29, 0.717) is 16.3 Å². The number of aliphatic carboxylic acids is 1. The van der Waals surface area contributed by atoms with Gasteiger partial charge in [0.05, 0.1) is 17.5 Å². The standard InChI is InChI=1S/C13H16ClNO3/c14-10-6-8(11(15)7-13(16)17)4-5-12(10)18-9-2-1-3-9/h4-6,9,11H,1-3,7,15H2,(H,16,17). The van der Waals surface area contributed by atoms with Gasteiger partial charge in [0.15, 0.2) is 0 Å². The molecule has 98 valence electrons. The molecule has 1 unspecified atom stereocenters. The molecule has 1 aromatic rings. The van der Waals surface area contributed by atoms with Crippen molar-refractivity contribution in [3.05, 3.63) is 28.8 Å². The average Bonchev–Trinajstić information content (AvgIpc) is 2.23. The van der Waals surface area contributed by atoms with Crippen LogP contribution in [0.3, 0.4) is 0 Å². The van der Waals surface area contributed by atoms with Crippen molar-refractivity contribution < 1.29 is 14.6 Å². The SMILES string of the molecule is NC(CC(=O)O)c1ccc(OC2CCC2)c(Cl)c1. The second-order valence-electron chi connectivity index (χ2n) is 4.56. The van der Waals surface area contributed by atoms with Crippen molar-refractivity contribution in [3.8, 4) is 5.75 Å². The van der Waals surface area contributed by atoms with Crippen LogP contribution in [0, 0.1) is 0 Å². The molecule has 1 fully saturated rings. The van der Waals surface area contributed by atoms with Gasteiger partial charge in [-0.3, -0.25) is 4.79 Å². The number of hydrogen-bond donors (Lipinski definition) is 2. The quantitative estimate of drug-likeness (QED) is 0.862. The van der Waals surface area contributed by atoms with Crippen molar-refractivity contribution in [3.63, 3.8) is 0 Å². The maximum atomic E-state index is 10.6. The van der Waals surface area contributed by atoms with Gasteiger partial charge in [-0.25, -0.2) is 0 Å². The van der Waals surface area contributed by atoms with Crippen molar-refractivity contribution in [2.45, 2.75) is 37.8 Å². The van der Waals surface area contributed by atoms with E-state index in [4.69, 9.17) is 27.2 Å². The van der Waals surface area contributed by atoms with Crippen LogP contribution in [0.5, 0.6) is 5.75 Å². The van der Waals surface area contributed by atoms with Gasteiger partial charge < -0.3 is 15.6 Å². The summed E-state index contributed by atoms with van der Waals surface area (Å²) in [6.45, 7) is 0. The second kappa shape index (κ2) is 5.59. The first-order valence-electron chi connectivity index (χ1n) is 5.99. The van der Waals surface area contributed by atoms with Crippen LogP contribution in [0.15, 0.2) is 18.2 Å². The molecule has 3 N–H and O–H groups in total. The number of halogens is 1. The summed E-state index contributed by atoms with van der Waals surface area (Å²) in [4.78, 5) is 10.6. The van der Waals surface area contributed by atoms with Crippen molar-refractivity contribution in [1.82, 2.24) is 0 Å². The highest BCUT2D eigenvalue weighted by Gasteiger charge is 2.20. The molecule has 0 aliphatic heterocycles. The van der Waals surface area contributed by atoms with E-state index in [2.05, 4.69) is 0 Å². The van der Waals surface area contributed by atoms with Gasteiger partial charge in [0.2, 0.25) is 0 Å². The fraction of sp³-hybridized carbons (Fsp3) is 0.462. The lowest BCUT2D eigenvalue weighted by atomic mass is 9.96. The van der Waals surface area contributed by atoms with Crippen LogP contribution in [0.1, 0.15) is 37.3 Å². The van der Waals surface area contributed by atoms with Crippen LogP contribution in [0.25, 0.3) is 0 Å². The molecule has 0 bridgehead atoms. The predicted molar refractivity (Wildman–Crippen MR) is 68.9 cm³/mol. The van der Waals surface area contributed by atoms with Gasteiger partial charge in [-0.15, -0.1) is 0 Å². The predicted octanol–water partition coefficient (Wildman–Crippen LogP) is 2.75. The number of hydrogen-bond acceptors (Lipinski definition) is 3. The van der Waals surface area contributed by atoms with Crippen LogP contribution < -0.4 is 10.5 Å². The highest BCUT2D eigenvalue weighted by molar-refractivity contribution is 6.32. The van der Waals surface area contributed by atoms with Crippen molar-refractivity contribution in [2.24, 2.45) is 5.73 Å². The molecule has 4 nitrogen and oxygen atoms in total. The fourth-order valence-corrected chi connectivity index (χ4v) is 2.05. The first-order chi connectivity index (χ1) is 8.56. The zero-order chi connectivity index (χ0) is 13.1. The van der Waals surface area contributed by atoms with E-state index in [1.54, 1.807) is 18.2 Å². The summed E-state index contributed by atoms with van der Waals surface area (Å²) in [6.07, 6.45) is 3.48. The molecular weight excluding hydrogens is 254 g/mol. The van der Waals surface area contributed by atoms with Gasteiger partial charge in [-0.1, -0.05) is 17.7 Å². The number of benzene rings is 1. The summed E-state index contributed by atoms with van der Waals surface area (Å²) < 4.78 is 5.71. The normalized spacial score (nSPS) is 17.0. The third-order valence-corrected chi connectivity index (χ3v) is 3.42. The minimum atomic E-state index is -0.923. The van der Waals surface area contributed by atoms with E-state index >= 15 is 0 Å². The van der Waals surface area contributed by atoms with E-state index in [1.165, 1.54) is 6.42 Å². The molecule has 1 atom stereocenters. The van der Waals surface area contributed by atoms with Crippen molar-refractivity contribution in [2.75, 3.05) is 0 Å². The Morgan fingerprint density at radius 3 is 2.78 bits per heavy atom. The Bertz CT molecular complexity index is 446. The van der Waals surface area contributed by atoms with E-state index in [-0.39, 0.29) is 12.5 Å². The van der Waals surface area contributed by atoms with Gasteiger partial charge in [0, 0.05) is 6.04 Å². The fourth-order valence-electron chi connectivity index (χ4n) is 1.82. The lowest BCUT2D eigenvalue weighted by molar-refractivity contribution is -0.137. The number of carbonyl (C=O) groups is 1. The molecule has 1 aliphatic carbocycles. The molecule has 1 aliphatic rings. The zero-order valence-electron chi connectivity index (χ0n) is 9.93. The lowest BCUT2D eigenvalue weighted by Crippen LogP contribution is -2.24.